The van der Waals surface area contributed by atoms with E-state index in [1.54, 1.807) is 20.8 Å². The highest BCUT2D eigenvalue weighted by Gasteiger charge is 2.35. The maximum atomic E-state index is 13.6. The normalized spacial score (nSPS) is 13.2. The van der Waals surface area contributed by atoms with Crippen LogP contribution in [-0.4, -0.2) is 69.5 Å². The number of hydrogen-bond donors (Lipinski definition) is 3. The lowest BCUT2D eigenvalue weighted by Gasteiger charge is -2.29. The van der Waals surface area contributed by atoms with E-state index in [-0.39, 0.29) is 17.8 Å². The lowest BCUT2D eigenvalue weighted by atomic mass is 10.0. The number of rotatable bonds is 12. The molecule has 2 atom stereocenters. The van der Waals surface area contributed by atoms with Crippen LogP contribution in [0.25, 0.3) is 0 Å². The van der Waals surface area contributed by atoms with Gasteiger partial charge in [-0.25, -0.2) is 9.78 Å². The molecule has 14 heteroatoms. The van der Waals surface area contributed by atoms with Crippen molar-refractivity contribution in [3.8, 4) is 0 Å². The average molecular weight is 673 g/mol. The van der Waals surface area contributed by atoms with Gasteiger partial charge in [0, 0.05) is 20.3 Å². The second kappa shape index (κ2) is 15.3. The molecular formula is C34H43F3N6O5. The monoisotopic (exact) mass is 672 g/mol. The number of nitrogens with zero attached hydrogens (tertiary/aromatic N) is 3. The Morgan fingerprint density at radius 3 is 2.12 bits per heavy atom. The van der Waals surface area contributed by atoms with E-state index >= 15 is 0 Å². The summed E-state index contributed by atoms with van der Waals surface area (Å²) in [5.74, 6) is -1.61. The lowest BCUT2D eigenvalue weighted by molar-refractivity contribution is -0.137. The Balaban J connectivity index is 1.82. The molecule has 0 aliphatic carbocycles. The van der Waals surface area contributed by atoms with E-state index in [0.717, 1.165) is 17.7 Å². The molecular weight excluding hydrogens is 629 g/mol. The first-order valence-electron chi connectivity index (χ1n) is 15.4. The zero-order valence-electron chi connectivity index (χ0n) is 28.1. The number of carbonyl (C=O) groups is 4. The number of amides is 4. The van der Waals surface area contributed by atoms with Crippen LogP contribution in [0.3, 0.4) is 0 Å². The summed E-state index contributed by atoms with van der Waals surface area (Å²) in [6, 6.07) is 11.7. The number of ether oxygens (including phenoxy) is 1. The molecule has 0 aliphatic rings. The standard InChI is InChI=1S/C34H43F3N6O5/c1-32(2,3)48-31(47)41-33(4,5)30(46)39-25(15-11-14-22-12-9-8-10-13-22)28(44)40-26-20-43(21-38-26)27(29(45)42(6)7)23-16-18-24(19-17-23)34(35,36)37/h8-10,12-13,16-21,25,27H,11,14-15H2,1-7H3,(H,39,46)(H,40,44)(H,41,47). The van der Waals surface area contributed by atoms with Crippen molar-refractivity contribution in [2.45, 2.75) is 83.3 Å². The molecule has 2 aromatic carbocycles. The third-order valence-electron chi connectivity index (χ3n) is 7.18. The molecule has 48 heavy (non-hydrogen) atoms. The third-order valence-corrected chi connectivity index (χ3v) is 7.18. The van der Waals surface area contributed by atoms with Gasteiger partial charge in [0.15, 0.2) is 5.82 Å². The van der Waals surface area contributed by atoms with Crippen LogP contribution in [-0.2, 0) is 31.7 Å². The first-order chi connectivity index (χ1) is 22.3. The fourth-order valence-corrected chi connectivity index (χ4v) is 4.68. The zero-order valence-corrected chi connectivity index (χ0v) is 28.1. The number of alkyl carbamates (subject to hydrolysis) is 1. The number of halogens is 3. The summed E-state index contributed by atoms with van der Waals surface area (Å²) in [7, 11) is 3.03. The minimum Gasteiger partial charge on any atom is -0.444 e. The van der Waals surface area contributed by atoms with E-state index in [4.69, 9.17) is 4.74 Å². The van der Waals surface area contributed by atoms with E-state index in [1.807, 2.05) is 30.3 Å². The summed E-state index contributed by atoms with van der Waals surface area (Å²) in [5.41, 5.74) is -1.76. The fraction of sp³-hybridized carbons (Fsp3) is 0.441. The van der Waals surface area contributed by atoms with Crippen molar-refractivity contribution in [2.75, 3.05) is 19.4 Å². The number of benzene rings is 2. The van der Waals surface area contributed by atoms with Crippen LogP contribution in [0.1, 0.15) is 70.2 Å². The van der Waals surface area contributed by atoms with Gasteiger partial charge in [0.05, 0.1) is 11.9 Å². The predicted octanol–water partition coefficient (Wildman–Crippen LogP) is 5.33. The smallest absolute Gasteiger partial charge is 0.416 e. The highest BCUT2D eigenvalue weighted by Crippen LogP contribution is 2.31. The maximum Gasteiger partial charge on any atom is 0.416 e. The molecule has 0 radical (unpaired) electrons. The van der Waals surface area contributed by atoms with Gasteiger partial charge in [0.1, 0.15) is 23.2 Å². The van der Waals surface area contributed by atoms with Gasteiger partial charge in [0.2, 0.25) is 17.7 Å². The molecule has 1 aromatic heterocycles. The number of alkyl halides is 3. The van der Waals surface area contributed by atoms with Gasteiger partial charge in [-0.15, -0.1) is 0 Å². The van der Waals surface area contributed by atoms with Crippen molar-refractivity contribution in [3.63, 3.8) is 0 Å². The highest BCUT2D eigenvalue weighted by molar-refractivity contribution is 5.98. The molecule has 3 N–H and O–H groups in total. The van der Waals surface area contributed by atoms with Gasteiger partial charge in [-0.05, 0) is 77.1 Å². The number of imidazole rings is 1. The summed E-state index contributed by atoms with van der Waals surface area (Å²) in [5, 5.41) is 7.93. The van der Waals surface area contributed by atoms with E-state index in [9.17, 15) is 32.3 Å². The number of carbonyl (C=O) groups excluding carboxylic acids is 4. The molecule has 0 aliphatic heterocycles. The van der Waals surface area contributed by atoms with Crippen molar-refractivity contribution in [1.29, 1.82) is 0 Å². The molecule has 1 heterocycles. The van der Waals surface area contributed by atoms with Gasteiger partial charge >= 0.3 is 12.3 Å². The van der Waals surface area contributed by atoms with Crippen molar-refractivity contribution in [1.82, 2.24) is 25.1 Å². The maximum absolute atomic E-state index is 13.6. The lowest BCUT2D eigenvalue weighted by Crippen LogP contribution is -2.58. The average Bonchev–Trinajstić information content (AvgIpc) is 3.43. The molecule has 4 amide bonds. The number of likely N-dealkylation sites (N-methyl/N-ethyl adjacent to an activating group) is 1. The number of nitrogens with one attached hydrogen (secondary N) is 3. The Kier molecular flexibility index (Phi) is 12.0. The topological polar surface area (TPSA) is 135 Å². The Hall–Kier alpha value is -4.88. The van der Waals surface area contributed by atoms with Gasteiger partial charge in [0.25, 0.3) is 0 Å². The van der Waals surface area contributed by atoms with Crippen LogP contribution in [0.4, 0.5) is 23.8 Å². The zero-order chi connectivity index (χ0) is 35.9. The Morgan fingerprint density at radius 2 is 1.56 bits per heavy atom. The molecule has 3 rings (SSSR count). The third kappa shape index (κ3) is 10.8. The van der Waals surface area contributed by atoms with Crippen molar-refractivity contribution < 1.29 is 37.1 Å². The number of aryl methyl sites for hydroxylation is 1. The van der Waals surface area contributed by atoms with Crippen LogP contribution < -0.4 is 16.0 Å². The summed E-state index contributed by atoms with van der Waals surface area (Å²) in [6.45, 7) is 8.04. The molecule has 3 aromatic rings. The number of aromatic nitrogens is 2. The predicted molar refractivity (Wildman–Crippen MR) is 174 cm³/mol. The van der Waals surface area contributed by atoms with Crippen LogP contribution in [0.5, 0.6) is 0 Å². The quantitative estimate of drug-likeness (QED) is 0.238. The number of anilines is 1. The summed E-state index contributed by atoms with van der Waals surface area (Å²) in [6.07, 6.45) is -1.26. The Bertz CT molecular complexity index is 1560. The minimum absolute atomic E-state index is 0.0527. The SMILES string of the molecule is CN(C)C(=O)C(c1ccc(C(F)(F)F)cc1)n1cnc(NC(=O)C(CCCc2ccccc2)NC(=O)C(C)(C)NC(=O)OC(C)(C)C)c1. The van der Waals surface area contributed by atoms with E-state index in [2.05, 4.69) is 20.9 Å². The molecule has 0 saturated heterocycles. The van der Waals surface area contributed by atoms with E-state index < -0.39 is 58.8 Å². The second-order valence-corrected chi connectivity index (χ2v) is 13.1. The highest BCUT2D eigenvalue weighted by atomic mass is 19.4. The molecule has 0 saturated carbocycles. The van der Waals surface area contributed by atoms with E-state index in [0.29, 0.717) is 12.8 Å². The molecule has 0 bridgehead atoms. The molecule has 260 valence electrons. The largest absolute Gasteiger partial charge is 0.444 e. The first kappa shape index (κ1) is 37.6. The van der Waals surface area contributed by atoms with Crippen LogP contribution in [0.15, 0.2) is 67.1 Å². The Labute approximate surface area is 278 Å². The molecule has 0 spiro atoms. The van der Waals surface area contributed by atoms with Crippen LogP contribution in [0, 0.1) is 0 Å². The number of hydrogen-bond acceptors (Lipinski definition) is 6. The van der Waals surface area contributed by atoms with Crippen LogP contribution >= 0.6 is 0 Å². The summed E-state index contributed by atoms with van der Waals surface area (Å²) >= 11 is 0. The fourth-order valence-electron chi connectivity index (χ4n) is 4.68. The second-order valence-electron chi connectivity index (χ2n) is 13.1. The van der Waals surface area contributed by atoms with E-state index in [1.165, 1.54) is 62.1 Å². The molecule has 2 unspecified atom stereocenters. The summed E-state index contributed by atoms with van der Waals surface area (Å²) in [4.78, 5) is 58.0. The van der Waals surface area contributed by atoms with Crippen molar-refractivity contribution >= 4 is 29.6 Å². The van der Waals surface area contributed by atoms with Gasteiger partial charge in [-0.3, -0.25) is 14.4 Å². The van der Waals surface area contributed by atoms with Gasteiger partial charge in [-0.1, -0.05) is 42.5 Å². The molecule has 11 nitrogen and oxygen atoms in total. The first-order valence-corrected chi connectivity index (χ1v) is 15.4. The molecule has 0 fully saturated rings. The van der Waals surface area contributed by atoms with Gasteiger partial charge in [-0.2, -0.15) is 13.2 Å². The van der Waals surface area contributed by atoms with Crippen LogP contribution in [0.2, 0.25) is 0 Å². The van der Waals surface area contributed by atoms with Crippen molar-refractivity contribution in [3.05, 3.63) is 83.8 Å². The minimum atomic E-state index is -4.54. The Morgan fingerprint density at radius 1 is 0.938 bits per heavy atom. The van der Waals surface area contributed by atoms with Gasteiger partial charge < -0.3 is 30.2 Å². The summed E-state index contributed by atoms with van der Waals surface area (Å²) < 4.78 is 46.2. The van der Waals surface area contributed by atoms with Crippen molar-refractivity contribution in [2.24, 2.45) is 0 Å².